The van der Waals surface area contributed by atoms with Crippen molar-refractivity contribution in [1.82, 2.24) is 0 Å². The van der Waals surface area contributed by atoms with Crippen molar-refractivity contribution in [2.75, 3.05) is 49.3 Å². The zero-order valence-corrected chi connectivity index (χ0v) is 66.4. The van der Waals surface area contributed by atoms with E-state index in [1.165, 1.54) is 298 Å². The van der Waals surface area contributed by atoms with Gasteiger partial charge in [-0.25, -0.2) is 0 Å². The molecule has 0 spiro atoms. The molecule has 0 amide bonds. The number of hydrogen-bond acceptors (Lipinski definition) is 0. The van der Waals surface area contributed by atoms with Crippen molar-refractivity contribution in [1.29, 1.82) is 0 Å². The third kappa shape index (κ3) is 35.2. The van der Waals surface area contributed by atoms with Gasteiger partial charge in [0.25, 0.3) is 0 Å². The average molecular weight is 1400 g/mol. The molecule has 0 bridgehead atoms. The molecule has 0 atom stereocenters. The van der Waals surface area contributed by atoms with Crippen molar-refractivity contribution in [3.05, 3.63) is 146 Å². The molecule has 8 rings (SSSR count). The molecule has 8 aromatic rings. The van der Waals surface area contributed by atoms with E-state index in [-0.39, 0.29) is 84.5 Å². The summed E-state index contributed by atoms with van der Waals surface area (Å²) in [5, 5.41) is 18.1. The van der Waals surface area contributed by atoms with Gasteiger partial charge in [0.05, 0.1) is 0 Å². The smallest absolute Gasteiger partial charge is 1.00 e. The second kappa shape index (κ2) is 57.3. The maximum atomic E-state index is 2.47. The Morgan fingerprint density at radius 2 is 0.370 bits per heavy atom. The van der Waals surface area contributed by atoms with Gasteiger partial charge < -0.3 is 9.41 Å². The fourth-order valence-corrected chi connectivity index (χ4v) is 23.0. The van der Waals surface area contributed by atoms with Crippen LogP contribution in [-0.2, 0) is 43.4 Å². The van der Waals surface area contributed by atoms with Crippen molar-refractivity contribution in [3.63, 3.8) is 0 Å². The van der Waals surface area contributed by atoms with Crippen LogP contribution in [0.2, 0.25) is 0 Å². The minimum absolute atomic E-state index is 0. The molecule has 0 unspecified atom stereocenters. The molecule has 0 aliphatic carbocycles. The van der Waals surface area contributed by atoms with E-state index in [1.54, 1.807) is 21.2 Å². The van der Waals surface area contributed by atoms with Gasteiger partial charge in [-0.1, -0.05) is 265 Å². The van der Waals surface area contributed by atoms with Crippen molar-refractivity contribution in [2.24, 2.45) is 0 Å². The summed E-state index contributed by atoms with van der Waals surface area (Å²) >= 11 is 0. The summed E-state index contributed by atoms with van der Waals surface area (Å²) in [7, 11) is 0.257. The molecule has 92 heavy (non-hydrogen) atoms. The molecular formula is C84H128F2P4Ti2-2. The van der Waals surface area contributed by atoms with E-state index >= 15 is 0 Å². The van der Waals surface area contributed by atoms with E-state index < -0.39 is 0 Å². The molecule has 0 aliphatic rings. The predicted molar refractivity (Wildman–Crippen MR) is 416 cm³/mol. The van der Waals surface area contributed by atoms with Crippen molar-refractivity contribution in [3.8, 4) is 0 Å². The normalized spacial score (nSPS) is 11.1. The van der Waals surface area contributed by atoms with Crippen LogP contribution in [0, 0.1) is 0 Å². The van der Waals surface area contributed by atoms with Gasteiger partial charge in [-0.3, -0.25) is 0 Å². The van der Waals surface area contributed by atoms with E-state index in [4.69, 9.17) is 0 Å². The summed E-state index contributed by atoms with van der Waals surface area (Å²) in [5.41, 5.74) is 0. The molecule has 0 aromatic heterocycles. The number of unbranched alkanes of at least 4 members (excludes halogenated alkanes) is 24. The van der Waals surface area contributed by atoms with Gasteiger partial charge >= 0.3 is 43.4 Å². The van der Waals surface area contributed by atoms with Gasteiger partial charge in [0, 0.05) is 0 Å². The maximum absolute atomic E-state index is 2.47. The number of hydrogen-bond donors (Lipinski definition) is 0. The van der Waals surface area contributed by atoms with E-state index in [0.717, 1.165) is 0 Å². The molecule has 0 aliphatic heterocycles. The molecule has 0 N–H and O–H groups in total. The second-order valence-corrected chi connectivity index (χ2v) is 35.8. The topological polar surface area (TPSA) is 0 Å². The van der Waals surface area contributed by atoms with Gasteiger partial charge in [0.2, 0.25) is 0 Å². The minimum atomic E-state index is 0. The summed E-state index contributed by atoms with van der Waals surface area (Å²) in [6.07, 6.45) is 56.3. The van der Waals surface area contributed by atoms with E-state index in [9.17, 15) is 0 Å². The van der Waals surface area contributed by atoms with Gasteiger partial charge in [0.1, 0.15) is 0 Å². The van der Waals surface area contributed by atoms with Gasteiger partial charge in [-0.2, -0.15) is 24.3 Å². The average Bonchev–Trinajstić information content (AvgIpc) is 2.40. The molecule has 0 radical (unpaired) electrons. The number of halogens is 2. The summed E-state index contributed by atoms with van der Waals surface area (Å²) in [4.78, 5) is 0. The zero-order valence-electron chi connectivity index (χ0n) is 59.7. The van der Waals surface area contributed by atoms with Crippen LogP contribution >= 0.6 is 31.7 Å². The van der Waals surface area contributed by atoms with E-state index in [0.29, 0.717) is 0 Å². The summed E-state index contributed by atoms with van der Waals surface area (Å²) in [6, 6.07) is 55.2. The second-order valence-electron chi connectivity index (χ2n) is 25.8. The number of benzene rings is 4. The molecular weight excluding hydrogens is 1270 g/mol. The third-order valence-corrected chi connectivity index (χ3v) is 28.9. The van der Waals surface area contributed by atoms with Crippen molar-refractivity contribution in [2.45, 2.75) is 261 Å². The largest absolute Gasteiger partial charge is 2.00 e. The SMILES string of the molecule is CCCCCCP(CCCCCC)c1cc2ccccc2[cH-]1.CCCCCCP(CCCCCC)c1cc2ccccc2[cH-]1.CCCCCCP(CCCCCC)c1cc2ccccc2[cH-]1.CCCCCCP(CCCCCC)c1cc2ccccc2[cH-]1.[F-].[F-].[Ti+2].[Ti+2]. The van der Waals surface area contributed by atoms with Crippen LogP contribution in [0.3, 0.4) is 0 Å². The Morgan fingerprint density at radius 1 is 0.217 bits per heavy atom. The molecule has 0 nitrogen and oxygen atoms in total. The van der Waals surface area contributed by atoms with E-state index in [1.807, 2.05) is 0 Å². The Kier molecular flexibility index (Phi) is 55.0. The van der Waals surface area contributed by atoms with Crippen LogP contribution < -0.4 is 30.6 Å². The molecule has 0 heterocycles. The predicted octanol–water partition coefficient (Wildman–Crippen LogP) is 21.3. The molecule has 508 valence electrons. The summed E-state index contributed by atoms with van der Waals surface area (Å²) in [6.45, 7) is 18.4. The quantitative estimate of drug-likeness (QED) is 0.0155. The number of fused-ring (bicyclic) bond motifs is 4. The first kappa shape index (κ1) is 88.3. The van der Waals surface area contributed by atoms with Crippen molar-refractivity contribution >= 4 is 96.0 Å². The summed E-state index contributed by atoms with van der Waals surface area (Å²) in [5.74, 6) is 0. The standard InChI is InChI=1S/4C21H32P.2FH.2Ti/c4*1-3-5-7-11-15-22(16-12-8-6-4-2)21-17-19-13-9-10-14-20(19)18-21;;;;/h4*9-10,13-14,17-18H,3-8,11-12,15-16H2,1-2H3;2*1H;;/q4*-1;;;2*+2/p-2. The van der Waals surface area contributed by atoms with Crippen molar-refractivity contribution < 1.29 is 52.8 Å². The van der Waals surface area contributed by atoms with Crippen LogP contribution in [0.4, 0.5) is 0 Å². The maximum Gasteiger partial charge on any atom is 2.00 e. The Labute approximate surface area is 599 Å². The van der Waals surface area contributed by atoms with Crippen LogP contribution in [0.25, 0.3) is 43.1 Å². The third-order valence-electron chi connectivity index (χ3n) is 18.1. The van der Waals surface area contributed by atoms with Gasteiger partial charge in [0.15, 0.2) is 0 Å². The number of rotatable bonds is 44. The molecule has 0 fully saturated rings. The minimum Gasteiger partial charge on any atom is -1.00 e. The fraction of sp³-hybridized carbons (Fsp3) is 0.571. The zero-order chi connectivity index (χ0) is 62.5. The van der Waals surface area contributed by atoms with Gasteiger partial charge in [-0.05, 0) is 101 Å². The molecule has 8 heteroatoms. The first-order chi connectivity index (χ1) is 43.4. The Bertz CT molecular complexity index is 2340. The molecule has 8 aromatic carbocycles. The molecule has 0 saturated carbocycles. The Balaban J connectivity index is 0.000000605. The fourth-order valence-electron chi connectivity index (χ4n) is 12.6. The Morgan fingerprint density at radius 3 is 0.511 bits per heavy atom. The van der Waals surface area contributed by atoms with Crippen LogP contribution in [-0.4, -0.2) is 49.3 Å². The van der Waals surface area contributed by atoms with Crippen LogP contribution in [0.15, 0.2) is 146 Å². The van der Waals surface area contributed by atoms with Crippen LogP contribution in [0.1, 0.15) is 261 Å². The van der Waals surface area contributed by atoms with E-state index in [2.05, 4.69) is 201 Å². The molecule has 0 saturated heterocycles. The van der Waals surface area contributed by atoms with Gasteiger partial charge in [-0.15, -0.1) is 161 Å². The first-order valence-corrected chi connectivity index (χ1v) is 43.9. The Hall–Kier alpha value is -1.67. The summed E-state index contributed by atoms with van der Waals surface area (Å²) < 4.78 is 0. The first-order valence-electron chi connectivity index (χ1n) is 37.0. The monoisotopic (exact) mass is 1390 g/mol. The van der Waals surface area contributed by atoms with Crippen LogP contribution in [0.5, 0.6) is 0 Å².